The smallest absolute Gasteiger partial charge is 0.147 e. The molecule has 4 heterocycles. The molecule has 0 aliphatic rings. The van der Waals surface area contributed by atoms with Gasteiger partial charge in [0.15, 0.2) is 0 Å². The number of nitrogens with zero attached hydrogens (tertiary/aromatic N) is 2. The van der Waals surface area contributed by atoms with Crippen LogP contribution in [0.15, 0.2) is 118 Å². The molecule has 8 aromatic rings. The summed E-state index contributed by atoms with van der Waals surface area (Å²) in [4.78, 5) is 11.3. The van der Waals surface area contributed by atoms with E-state index in [-0.39, 0.29) is 0 Å². The summed E-state index contributed by atoms with van der Waals surface area (Å²) in [5.74, 6) is 1.67. The standard InChI is InChI=1S/C32H18N2O2S2/c1-3-7-19(8-4-1)31-33-17-29(37-31)27-15-23-11-21-14-26-24(12-22(21)13-25(23)35-27)16-28(36-26)30-18-34-32(38-30)20-9-5-2-6-10-20/h1-18H. The Bertz CT molecular complexity index is 1860. The maximum atomic E-state index is 6.28. The fourth-order valence-electron chi connectivity index (χ4n) is 4.77. The van der Waals surface area contributed by atoms with Crippen LogP contribution >= 0.6 is 22.7 Å². The van der Waals surface area contributed by atoms with Crippen molar-refractivity contribution >= 4 is 55.4 Å². The molecule has 0 aliphatic heterocycles. The van der Waals surface area contributed by atoms with Crippen molar-refractivity contribution in [2.24, 2.45) is 0 Å². The molecule has 0 saturated carbocycles. The van der Waals surface area contributed by atoms with E-state index in [1.165, 1.54) is 0 Å². The molecule has 0 radical (unpaired) electrons. The predicted octanol–water partition coefficient (Wildman–Crippen LogP) is 9.91. The van der Waals surface area contributed by atoms with E-state index in [1.807, 2.05) is 48.8 Å². The summed E-state index contributed by atoms with van der Waals surface area (Å²) >= 11 is 3.28. The first-order valence-corrected chi connectivity index (χ1v) is 13.8. The van der Waals surface area contributed by atoms with Crippen LogP contribution in [-0.2, 0) is 0 Å². The van der Waals surface area contributed by atoms with Crippen LogP contribution in [0.3, 0.4) is 0 Å². The van der Waals surface area contributed by atoms with E-state index in [0.29, 0.717) is 0 Å². The van der Waals surface area contributed by atoms with Gasteiger partial charge in [-0.3, -0.25) is 0 Å². The van der Waals surface area contributed by atoms with Gasteiger partial charge in [-0.05, 0) is 47.2 Å². The first kappa shape index (κ1) is 21.6. The predicted molar refractivity (Wildman–Crippen MR) is 157 cm³/mol. The Balaban J connectivity index is 1.15. The fourth-order valence-corrected chi connectivity index (χ4v) is 6.52. The summed E-state index contributed by atoms with van der Waals surface area (Å²) in [6, 6.07) is 33.2. The molecule has 4 aromatic carbocycles. The van der Waals surface area contributed by atoms with Gasteiger partial charge in [0.25, 0.3) is 0 Å². The summed E-state index contributed by atoms with van der Waals surface area (Å²) in [7, 11) is 0. The topological polar surface area (TPSA) is 52.1 Å². The van der Waals surface area contributed by atoms with Crippen molar-refractivity contribution in [2.45, 2.75) is 0 Å². The van der Waals surface area contributed by atoms with Crippen LogP contribution in [-0.4, -0.2) is 9.97 Å². The minimum Gasteiger partial charge on any atom is -0.455 e. The molecule has 0 amide bonds. The first-order chi connectivity index (χ1) is 18.8. The third kappa shape index (κ3) is 3.65. The van der Waals surface area contributed by atoms with Crippen molar-refractivity contribution in [2.75, 3.05) is 0 Å². The van der Waals surface area contributed by atoms with E-state index in [9.17, 15) is 0 Å². The molecule has 0 bridgehead atoms. The zero-order valence-electron chi connectivity index (χ0n) is 19.9. The highest BCUT2D eigenvalue weighted by atomic mass is 32.1. The second-order valence-corrected chi connectivity index (χ2v) is 11.2. The molecule has 0 saturated heterocycles. The van der Waals surface area contributed by atoms with Crippen molar-refractivity contribution < 1.29 is 8.83 Å². The first-order valence-electron chi connectivity index (χ1n) is 12.2. The number of rotatable bonds is 4. The molecule has 180 valence electrons. The average molecular weight is 527 g/mol. The number of benzene rings is 4. The molecule has 0 fully saturated rings. The molecule has 4 nitrogen and oxygen atoms in total. The summed E-state index contributed by atoms with van der Waals surface area (Å²) in [5, 5.41) is 6.31. The van der Waals surface area contributed by atoms with E-state index in [1.54, 1.807) is 22.7 Å². The molecule has 38 heavy (non-hydrogen) atoms. The van der Waals surface area contributed by atoms with Gasteiger partial charge in [-0.1, -0.05) is 60.7 Å². The normalized spacial score (nSPS) is 11.7. The van der Waals surface area contributed by atoms with Gasteiger partial charge in [0, 0.05) is 34.3 Å². The molecular weight excluding hydrogens is 508 g/mol. The Labute approximate surface area is 225 Å². The monoisotopic (exact) mass is 526 g/mol. The van der Waals surface area contributed by atoms with Gasteiger partial charge in [-0.25, -0.2) is 9.97 Å². The van der Waals surface area contributed by atoms with Crippen molar-refractivity contribution in [1.82, 2.24) is 9.97 Å². The van der Waals surface area contributed by atoms with Crippen molar-refractivity contribution in [1.29, 1.82) is 0 Å². The summed E-state index contributed by atoms with van der Waals surface area (Å²) in [6.07, 6.45) is 3.78. The average Bonchev–Trinajstić information content (AvgIpc) is 3.76. The van der Waals surface area contributed by atoms with Crippen LogP contribution < -0.4 is 0 Å². The summed E-state index contributed by atoms with van der Waals surface area (Å²) in [5.41, 5.74) is 3.95. The summed E-state index contributed by atoms with van der Waals surface area (Å²) < 4.78 is 12.6. The SMILES string of the molecule is c1ccc(-c2ncc(-c3cc4cc5cc6oc(-c7cnc(-c8ccccc8)s7)cc6cc5cc4o3)s2)cc1. The molecule has 0 N–H and O–H groups in total. The zero-order valence-corrected chi connectivity index (χ0v) is 21.6. The van der Waals surface area contributed by atoms with Crippen LogP contribution in [0.4, 0.5) is 0 Å². The maximum Gasteiger partial charge on any atom is 0.147 e. The highest BCUT2D eigenvalue weighted by Gasteiger charge is 2.15. The van der Waals surface area contributed by atoms with Gasteiger partial charge in [0.2, 0.25) is 0 Å². The van der Waals surface area contributed by atoms with Crippen molar-refractivity contribution in [3.05, 3.63) is 109 Å². The van der Waals surface area contributed by atoms with Crippen LogP contribution in [0.25, 0.3) is 75.1 Å². The molecule has 0 unspecified atom stereocenters. The van der Waals surface area contributed by atoms with Gasteiger partial charge in [-0.2, -0.15) is 0 Å². The number of hydrogen-bond acceptors (Lipinski definition) is 6. The van der Waals surface area contributed by atoms with Crippen molar-refractivity contribution in [3.63, 3.8) is 0 Å². The summed E-state index contributed by atoms with van der Waals surface area (Å²) in [6.45, 7) is 0. The largest absolute Gasteiger partial charge is 0.455 e. The van der Waals surface area contributed by atoms with Crippen LogP contribution in [0.5, 0.6) is 0 Å². The zero-order chi connectivity index (χ0) is 25.1. The quantitative estimate of drug-likeness (QED) is 0.229. The Hall–Kier alpha value is -4.52. The molecule has 0 aliphatic carbocycles. The van der Waals surface area contributed by atoms with Gasteiger partial charge in [0.1, 0.15) is 32.7 Å². The minimum atomic E-state index is 0.834. The number of fused-ring (bicyclic) bond motifs is 3. The van der Waals surface area contributed by atoms with Gasteiger partial charge < -0.3 is 8.83 Å². The van der Waals surface area contributed by atoms with Crippen LogP contribution in [0.2, 0.25) is 0 Å². The maximum absolute atomic E-state index is 6.28. The fraction of sp³-hybridized carbons (Fsp3) is 0. The Morgan fingerprint density at radius 3 is 1.37 bits per heavy atom. The molecule has 8 rings (SSSR count). The third-order valence-corrected chi connectivity index (χ3v) is 8.77. The molecular formula is C32H18N2O2S2. The van der Waals surface area contributed by atoms with Crippen molar-refractivity contribution in [3.8, 4) is 42.4 Å². The number of furan rings is 2. The lowest BCUT2D eigenvalue weighted by Gasteiger charge is -1.98. The van der Waals surface area contributed by atoms with E-state index in [0.717, 1.165) is 75.1 Å². The molecule has 4 aromatic heterocycles. The van der Waals surface area contributed by atoms with Gasteiger partial charge in [0.05, 0.1) is 9.75 Å². The minimum absolute atomic E-state index is 0.834. The number of thiazole rings is 2. The van der Waals surface area contributed by atoms with E-state index < -0.39 is 0 Å². The third-order valence-electron chi connectivity index (χ3n) is 6.65. The van der Waals surface area contributed by atoms with Crippen LogP contribution in [0.1, 0.15) is 0 Å². The number of hydrogen-bond donors (Lipinski definition) is 0. The Morgan fingerprint density at radius 2 is 0.921 bits per heavy atom. The molecule has 0 atom stereocenters. The number of aromatic nitrogens is 2. The molecule has 6 heteroatoms. The lowest BCUT2D eigenvalue weighted by molar-refractivity contribution is 0.632. The van der Waals surface area contributed by atoms with Crippen LogP contribution in [0, 0.1) is 0 Å². The second-order valence-electron chi connectivity index (χ2n) is 9.14. The Kier molecular flexibility index (Phi) is 4.83. The second kappa shape index (κ2) is 8.52. The van der Waals surface area contributed by atoms with E-state index in [2.05, 4.69) is 70.6 Å². The lowest BCUT2D eigenvalue weighted by atomic mass is 10.1. The van der Waals surface area contributed by atoms with Gasteiger partial charge in [-0.15, -0.1) is 22.7 Å². The lowest BCUT2D eigenvalue weighted by Crippen LogP contribution is -1.73. The Morgan fingerprint density at radius 1 is 0.474 bits per heavy atom. The van der Waals surface area contributed by atoms with E-state index >= 15 is 0 Å². The highest BCUT2D eigenvalue weighted by molar-refractivity contribution is 7.18. The van der Waals surface area contributed by atoms with Gasteiger partial charge >= 0.3 is 0 Å². The highest BCUT2D eigenvalue weighted by Crippen LogP contribution is 2.39. The van der Waals surface area contributed by atoms with E-state index in [4.69, 9.17) is 8.83 Å². The molecule has 0 spiro atoms.